The number of morpholine rings is 1. The first-order valence-corrected chi connectivity index (χ1v) is 8.07. The summed E-state index contributed by atoms with van der Waals surface area (Å²) in [5, 5.41) is 15.2. The van der Waals surface area contributed by atoms with Gasteiger partial charge < -0.3 is 20.3 Å². The molecule has 0 amide bonds. The molecule has 24 heavy (non-hydrogen) atoms. The fourth-order valence-electron chi connectivity index (χ4n) is 2.60. The van der Waals surface area contributed by atoms with Crippen LogP contribution in [0.5, 0.6) is 0 Å². The standard InChI is InChI=1S/C16H27N7O/c1-4-5-12-8-16(21-20-12)19-14(17)9-15(18)23-6-7-24-13(11-23)10-22(2)3/h4-5,8,13,18H,6-7,9-11H2,1-3H3,(H3,17,19,20,21)/b5-4+,18-15?. The molecule has 2 rings (SSSR count). The number of aromatic amines is 1. The van der Waals surface area contributed by atoms with E-state index in [1.165, 1.54) is 0 Å². The Balaban J connectivity index is 1.91. The van der Waals surface area contributed by atoms with Crippen LogP contribution in [-0.2, 0) is 4.74 Å². The minimum absolute atomic E-state index is 0.113. The maximum atomic E-state index is 8.28. The Morgan fingerprint density at radius 2 is 2.42 bits per heavy atom. The van der Waals surface area contributed by atoms with Gasteiger partial charge in [-0.3, -0.25) is 10.5 Å². The molecule has 1 aromatic rings. The first-order valence-electron chi connectivity index (χ1n) is 8.07. The molecular formula is C16H27N7O. The van der Waals surface area contributed by atoms with Gasteiger partial charge >= 0.3 is 0 Å². The van der Waals surface area contributed by atoms with Gasteiger partial charge in [0.05, 0.1) is 24.8 Å². The average Bonchev–Trinajstić information content (AvgIpc) is 2.94. The molecule has 0 spiro atoms. The highest BCUT2D eigenvalue weighted by atomic mass is 16.5. The molecule has 1 aliphatic heterocycles. The van der Waals surface area contributed by atoms with Crippen LogP contribution in [0.1, 0.15) is 19.0 Å². The van der Waals surface area contributed by atoms with Crippen molar-refractivity contribution in [3.63, 3.8) is 0 Å². The minimum Gasteiger partial charge on any atom is -0.387 e. The molecule has 1 aromatic heterocycles. The molecule has 1 aliphatic rings. The van der Waals surface area contributed by atoms with E-state index in [-0.39, 0.29) is 6.10 Å². The Hall–Kier alpha value is -2.19. The summed E-state index contributed by atoms with van der Waals surface area (Å²) in [6.07, 6.45) is 4.24. The molecule has 0 aliphatic carbocycles. The first kappa shape index (κ1) is 18.2. The number of rotatable bonds is 6. The van der Waals surface area contributed by atoms with E-state index in [2.05, 4.69) is 20.1 Å². The molecule has 0 radical (unpaired) electrons. The van der Waals surface area contributed by atoms with E-state index in [0.29, 0.717) is 43.6 Å². The van der Waals surface area contributed by atoms with Crippen LogP contribution >= 0.6 is 0 Å². The molecular weight excluding hydrogens is 306 g/mol. The van der Waals surface area contributed by atoms with Gasteiger partial charge in [-0.1, -0.05) is 6.08 Å². The monoisotopic (exact) mass is 333 g/mol. The summed E-state index contributed by atoms with van der Waals surface area (Å²) in [7, 11) is 4.04. The molecule has 1 fully saturated rings. The van der Waals surface area contributed by atoms with E-state index in [0.717, 1.165) is 12.2 Å². The fourth-order valence-corrected chi connectivity index (χ4v) is 2.60. The van der Waals surface area contributed by atoms with Crippen molar-refractivity contribution >= 4 is 23.6 Å². The fraction of sp³-hybridized carbons (Fsp3) is 0.562. The van der Waals surface area contributed by atoms with Gasteiger partial charge in [0.15, 0.2) is 5.82 Å². The second-order valence-electron chi connectivity index (χ2n) is 6.11. The summed E-state index contributed by atoms with van der Waals surface area (Å²) in [6.45, 7) is 4.83. The average molecular weight is 333 g/mol. The summed E-state index contributed by atoms with van der Waals surface area (Å²) in [6, 6.07) is 1.82. The molecule has 4 N–H and O–H groups in total. The summed E-state index contributed by atoms with van der Waals surface area (Å²) in [5.74, 6) is 1.38. The third-order valence-electron chi connectivity index (χ3n) is 3.63. The van der Waals surface area contributed by atoms with Gasteiger partial charge in [0.25, 0.3) is 0 Å². The lowest BCUT2D eigenvalue weighted by Crippen LogP contribution is -2.49. The van der Waals surface area contributed by atoms with Crippen molar-refractivity contribution < 1.29 is 4.74 Å². The van der Waals surface area contributed by atoms with Gasteiger partial charge in [0.2, 0.25) is 0 Å². The van der Waals surface area contributed by atoms with Crippen molar-refractivity contribution in [1.29, 1.82) is 5.41 Å². The highest BCUT2D eigenvalue weighted by Crippen LogP contribution is 2.12. The molecule has 1 atom stereocenters. The van der Waals surface area contributed by atoms with Gasteiger partial charge in [-0.15, -0.1) is 0 Å². The van der Waals surface area contributed by atoms with Gasteiger partial charge in [-0.05, 0) is 27.1 Å². The Morgan fingerprint density at radius 1 is 1.62 bits per heavy atom. The van der Waals surface area contributed by atoms with Crippen LogP contribution in [0.4, 0.5) is 5.82 Å². The van der Waals surface area contributed by atoms with E-state index in [1.54, 1.807) is 0 Å². The molecule has 0 saturated carbocycles. The number of aromatic nitrogens is 2. The van der Waals surface area contributed by atoms with Crippen molar-refractivity contribution in [2.75, 3.05) is 40.3 Å². The van der Waals surface area contributed by atoms with Crippen LogP contribution in [0.15, 0.2) is 17.1 Å². The van der Waals surface area contributed by atoms with Gasteiger partial charge in [-0.25, -0.2) is 4.99 Å². The van der Waals surface area contributed by atoms with Crippen LogP contribution in [0.2, 0.25) is 0 Å². The van der Waals surface area contributed by atoms with E-state index in [4.69, 9.17) is 15.9 Å². The Kier molecular flexibility index (Phi) is 6.51. The van der Waals surface area contributed by atoms with Crippen molar-refractivity contribution in [3.05, 3.63) is 17.8 Å². The number of H-pyrrole nitrogens is 1. The van der Waals surface area contributed by atoms with E-state index >= 15 is 0 Å². The van der Waals surface area contributed by atoms with Crippen molar-refractivity contribution in [3.8, 4) is 0 Å². The summed E-state index contributed by atoms with van der Waals surface area (Å²) < 4.78 is 5.73. The first-order chi connectivity index (χ1) is 11.5. The Bertz CT molecular complexity index is 605. The zero-order valence-electron chi connectivity index (χ0n) is 14.6. The maximum Gasteiger partial charge on any atom is 0.175 e. The third-order valence-corrected chi connectivity index (χ3v) is 3.63. The topological polar surface area (TPSA) is 107 Å². The molecule has 2 heterocycles. The number of nitrogens with zero attached hydrogens (tertiary/aromatic N) is 4. The van der Waals surface area contributed by atoms with Gasteiger partial charge in [0, 0.05) is 25.7 Å². The predicted octanol–water partition coefficient (Wildman–Crippen LogP) is 1.06. The second-order valence-corrected chi connectivity index (χ2v) is 6.11. The number of likely N-dealkylation sites (N-methyl/N-ethyl adjacent to an activating group) is 1. The Morgan fingerprint density at radius 3 is 3.12 bits per heavy atom. The minimum atomic E-state index is 0.113. The molecule has 0 aromatic carbocycles. The second kappa shape index (κ2) is 8.60. The summed E-state index contributed by atoms with van der Waals surface area (Å²) in [4.78, 5) is 8.38. The van der Waals surface area contributed by atoms with E-state index < -0.39 is 0 Å². The highest BCUT2D eigenvalue weighted by Gasteiger charge is 2.23. The van der Waals surface area contributed by atoms with Crippen LogP contribution in [0.25, 0.3) is 6.08 Å². The number of nitrogens with one attached hydrogen (secondary N) is 2. The number of aliphatic imine (C=N–C) groups is 1. The predicted molar refractivity (Wildman–Crippen MR) is 96.8 cm³/mol. The molecule has 132 valence electrons. The van der Waals surface area contributed by atoms with Crippen LogP contribution in [0.3, 0.4) is 0 Å². The van der Waals surface area contributed by atoms with E-state index in [1.807, 2.05) is 44.1 Å². The van der Waals surface area contributed by atoms with Crippen LogP contribution in [0, 0.1) is 5.41 Å². The zero-order valence-corrected chi connectivity index (χ0v) is 14.6. The van der Waals surface area contributed by atoms with Crippen LogP contribution < -0.4 is 5.73 Å². The number of hydrogen-bond acceptors (Lipinski definition) is 5. The third kappa shape index (κ3) is 5.47. The normalized spacial score (nSPS) is 19.4. The molecule has 1 saturated heterocycles. The van der Waals surface area contributed by atoms with Crippen molar-refractivity contribution in [2.24, 2.45) is 10.7 Å². The maximum absolute atomic E-state index is 8.28. The lowest BCUT2D eigenvalue weighted by molar-refractivity contribution is -0.0177. The quantitative estimate of drug-likeness (QED) is 0.533. The molecule has 0 bridgehead atoms. The number of nitrogens with two attached hydrogens (primary N) is 1. The molecule has 8 nitrogen and oxygen atoms in total. The Labute approximate surface area is 142 Å². The van der Waals surface area contributed by atoms with E-state index in [9.17, 15) is 0 Å². The van der Waals surface area contributed by atoms with Gasteiger partial charge in [-0.2, -0.15) is 5.10 Å². The summed E-state index contributed by atoms with van der Waals surface area (Å²) >= 11 is 0. The lowest BCUT2D eigenvalue weighted by Gasteiger charge is -2.35. The number of amidine groups is 2. The molecule has 8 heteroatoms. The zero-order chi connectivity index (χ0) is 17.5. The number of ether oxygens (including phenoxy) is 1. The largest absolute Gasteiger partial charge is 0.387 e. The van der Waals surface area contributed by atoms with Crippen LogP contribution in [-0.4, -0.2) is 78.1 Å². The van der Waals surface area contributed by atoms with Crippen molar-refractivity contribution in [2.45, 2.75) is 19.4 Å². The number of allylic oxidation sites excluding steroid dienone is 1. The summed E-state index contributed by atoms with van der Waals surface area (Å²) in [5.41, 5.74) is 6.86. The highest BCUT2D eigenvalue weighted by molar-refractivity contribution is 6.01. The smallest absolute Gasteiger partial charge is 0.175 e. The van der Waals surface area contributed by atoms with Crippen molar-refractivity contribution in [1.82, 2.24) is 20.0 Å². The van der Waals surface area contributed by atoms with Gasteiger partial charge in [0.1, 0.15) is 11.7 Å². The lowest BCUT2D eigenvalue weighted by atomic mass is 10.2. The molecule has 1 unspecified atom stereocenters. The SMILES string of the molecule is C/C=C/c1cc(N=C(N)CC(=N)N2CCOC(CN(C)C)C2)n[nH]1. The number of hydrogen-bond donors (Lipinski definition) is 3.